The third-order valence-corrected chi connectivity index (χ3v) is 7.34. The van der Waals surface area contributed by atoms with Crippen LogP contribution in [0.15, 0.2) is 29.6 Å². The highest BCUT2D eigenvalue weighted by molar-refractivity contribution is 7.98. The monoisotopic (exact) mass is 435 g/mol. The molecule has 0 aliphatic heterocycles. The summed E-state index contributed by atoms with van der Waals surface area (Å²) in [5.41, 5.74) is 6.34. The average molecular weight is 436 g/mol. The number of nitrogens with zero attached hydrogens (tertiary/aromatic N) is 4. The van der Waals surface area contributed by atoms with Gasteiger partial charge in [-0.3, -0.25) is 4.98 Å². The van der Waals surface area contributed by atoms with E-state index >= 15 is 0 Å². The topological polar surface area (TPSA) is 63.6 Å². The molecule has 4 aromatic rings. The normalized spacial score (nSPS) is 13.3. The minimum Gasteiger partial charge on any atom is -0.363 e. The molecule has 0 aromatic carbocycles. The van der Waals surface area contributed by atoms with Crippen LogP contribution < -0.4 is 5.32 Å². The Balaban J connectivity index is 1.65. The first-order valence-electron chi connectivity index (χ1n) is 10.6. The van der Waals surface area contributed by atoms with Gasteiger partial charge in [0.25, 0.3) is 0 Å². The van der Waals surface area contributed by atoms with Gasteiger partial charge in [0.15, 0.2) is 5.16 Å². The van der Waals surface area contributed by atoms with E-state index in [0.29, 0.717) is 6.54 Å². The van der Waals surface area contributed by atoms with Crippen molar-refractivity contribution in [2.75, 3.05) is 11.6 Å². The second kappa shape index (κ2) is 8.47. The summed E-state index contributed by atoms with van der Waals surface area (Å²) in [7, 11) is 0. The third-order valence-electron chi connectivity index (χ3n) is 5.71. The molecule has 1 aliphatic rings. The predicted octanol–water partition coefficient (Wildman–Crippen LogP) is 5.80. The number of aryl methyl sites for hydroxylation is 2. The first-order valence-corrected chi connectivity index (χ1v) is 12.6. The summed E-state index contributed by atoms with van der Waals surface area (Å²) < 4.78 is 1.10. The number of thiophene rings is 1. The Kier molecular flexibility index (Phi) is 5.56. The lowest BCUT2D eigenvalue weighted by atomic mass is 10.0. The number of thioether (sulfide) groups is 1. The number of rotatable bonds is 7. The first kappa shape index (κ1) is 19.7. The minimum atomic E-state index is 0.641. The van der Waals surface area contributed by atoms with Gasteiger partial charge in [0.05, 0.1) is 22.5 Å². The Morgan fingerprint density at radius 3 is 2.83 bits per heavy atom. The molecule has 0 spiro atoms. The summed E-state index contributed by atoms with van der Waals surface area (Å²) in [6, 6.07) is 5.98. The van der Waals surface area contributed by atoms with Crippen molar-refractivity contribution in [3.05, 3.63) is 46.9 Å². The zero-order chi connectivity index (χ0) is 20.5. The van der Waals surface area contributed by atoms with Crippen LogP contribution in [0.4, 0.5) is 5.82 Å². The average Bonchev–Trinajstić information content (AvgIpc) is 3.40. The summed E-state index contributed by atoms with van der Waals surface area (Å²) >= 11 is 3.31. The summed E-state index contributed by atoms with van der Waals surface area (Å²) in [5.74, 6) is 0.889. The highest BCUT2D eigenvalue weighted by Gasteiger charge is 2.24. The van der Waals surface area contributed by atoms with Crippen molar-refractivity contribution in [3.63, 3.8) is 0 Å². The van der Waals surface area contributed by atoms with E-state index in [4.69, 9.17) is 15.0 Å². The molecule has 4 heterocycles. The van der Waals surface area contributed by atoms with E-state index in [1.807, 2.05) is 30.7 Å². The van der Waals surface area contributed by atoms with Crippen LogP contribution in [0.3, 0.4) is 0 Å². The van der Waals surface area contributed by atoms with Crippen molar-refractivity contribution >= 4 is 49.3 Å². The van der Waals surface area contributed by atoms with Crippen LogP contribution in [0.2, 0.25) is 0 Å². The zero-order valence-corrected chi connectivity index (χ0v) is 19.0. The van der Waals surface area contributed by atoms with Crippen LogP contribution in [-0.4, -0.2) is 26.2 Å². The largest absolute Gasteiger partial charge is 0.363 e. The van der Waals surface area contributed by atoms with E-state index < -0.39 is 0 Å². The molecule has 4 aromatic heterocycles. The van der Waals surface area contributed by atoms with Gasteiger partial charge in [0.1, 0.15) is 10.6 Å². The Hall–Kier alpha value is -2.25. The van der Waals surface area contributed by atoms with Gasteiger partial charge in [0, 0.05) is 17.3 Å². The van der Waals surface area contributed by atoms with Gasteiger partial charge in [-0.05, 0) is 61.6 Å². The van der Waals surface area contributed by atoms with Crippen molar-refractivity contribution in [2.24, 2.45) is 0 Å². The maximum Gasteiger partial charge on any atom is 0.189 e. The maximum absolute atomic E-state index is 5.14. The van der Waals surface area contributed by atoms with Crippen LogP contribution in [-0.2, 0) is 25.8 Å². The van der Waals surface area contributed by atoms with Crippen LogP contribution in [0.25, 0.3) is 20.4 Å². The minimum absolute atomic E-state index is 0.641. The fourth-order valence-corrected chi connectivity index (χ4v) is 5.76. The van der Waals surface area contributed by atoms with Crippen molar-refractivity contribution < 1.29 is 0 Å². The quantitative estimate of drug-likeness (QED) is 0.292. The van der Waals surface area contributed by atoms with E-state index in [2.05, 4.69) is 17.2 Å². The fraction of sp³-hybridized carbons (Fsp3) is 0.391. The molecule has 30 heavy (non-hydrogen) atoms. The van der Waals surface area contributed by atoms with E-state index in [0.717, 1.165) is 51.0 Å². The van der Waals surface area contributed by atoms with Gasteiger partial charge in [-0.15, -0.1) is 11.3 Å². The number of pyridine rings is 2. The Bertz CT molecular complexity index is 1200. The molecule has 0 amide bonds. The van der Waals surface area contributed by atoms with Gasteiger partial charge in [0.2, 0.25) is 0 Å². The second-order valence-electron chi connectivity index (χ2n) is 7.67. The number of unbranched alkanes of at least 4 members (excludes halogenated alkanes) is 1. The molecule has 0 atom stereocenters. The maximum atomic E-state index is 5.14. The number of anilines is 1. The molecule has 5 nitrogen and oxygen atoms in total. The molecule has 1 aliphatic carbocycles. The summed E-state index contributed by atoms with van der Waals surface area (Å²) in [5, 5.41) is 5.58. The number of hydrogen-bond donors (Lipinski definition) is 1. The molecular weight excluding hydrogens is 410 g/mol. The Morgan fingerprint density at radius 2 is 2.03 bits per heavy atom. The molecule has 0 fully saturated rings. The zero-order valence-electron chi connectivity index (χ0n) is 17.4. The number of aromatic nitrogens is 4. The summed E-state index contributed by atoms with van der Waals surface area (Å²) in [6.07, 6.45) is 10.8. The lowest BCUT2D eigenvalue weighted by Gasteiger charge is -2.09. The van der Waals surface area contributed by atoms with Gasteiger partial charge in [-0.1, -0.05) is 31.2 Å². The Morgan fingerprint density at radius 1 is 1.13 bits per heavy atom. The van der Waals surface area contributed by atoms with Crippen molar-refractivity contribution in [1.29, 1.82) is 0 Å². The molecule has 0 unspecified atom stereocenters. The number of nitrogens with one attached hydrogen (secondary N) is 1. The molecule has 7 heteroatoms. The number of fused-ring (bicyclic) bond motifs is 5. The second-order valence-corrected chi connectivity index (χ2v) is 9.44. The van der Waals surface area contributed by atoms with E-state index in [1.165, 1.54) is 41.5 Å². The smallest absolute Gasteiger partial charge is 0.189 e. The number of hydrogen-bond acceptors (Lipinski definition) is 7. The molecule has 1 N–H and O–H groups in total. The fourth-order valence-electron chi connectivity index (χ4n) is 4.26. The van der Waals surface area contributed by atoms with E-state index in [9.17, 15) is 0 Å². The van der Waals surface area contributed by atoms with Crippen molar-refractivity contribution in [2.45, 2.75) is 57.1 Å². The highest BCUT2D eigenvalue weighted by Crippen LogP contribution is 2.42. The first-order chi connectivity index (χ1) is 14.8. The van der Waals surface area contributed by atoms with Gasteiger partial charge in [-0.25, -0.2) is 15.0 Å². The van der Waals surface area contributed by atoms with E-state index in [1.54, 1.807) is 23.1 Å². The van der Waals surface area contributed by atoms with Crippen LogP contribution in [0.5, 0.6) is 0 Å². The Labute approximate surface area is 184 Å². The van der Waals surface area contributed by atoms with Crippen LogP contribution in [0, 0.1) is 0 Å². The van der Waals surface area contributed by atoms with Gasteiger partial charge >= 0.3 is 0 Å². The lowest BCUT2D eigenvalue weighted by molar-refractivity contribution is 0.770. The van der Waals surface area contributed by atoms with Crippen LogP contribution in [0.1, 0.15) is 48.7 Å². The van der Waals surface area contributed by atoms with Crippen molar-refractivity contribution in [3.8, 4) is 0 Å². The lowest BCUT2D eigenvalue weighted by Crippen LogP contribution is -2.04. The molecule has 5 rings (SSSR count). The summed E-state index contributed by atoms with van der Waals surface area (Å²) in [4.78, 5) is 20.4. The van der Waals surface area contributed by atoms with Crippen LogP contribution >= 0.6 is 23.1 Å². The third kappa shape index (κ3) is 3.54. The highest BCUT2D eigenvalue weighted by atomic mass is 32.2. The molecule has 0 saturated heterocycles. The molecule has 0 bridgehead atoms. The molecule has 0 radical (unpaired) electrons. The molecular formula is C23H25N5S2. The van der Waals surface area contributed by atoms with Crippen molar-refractivity contribution in [1.82, 2.24) is 19.9 Å². The van der Waals surface area contributed by atoms with Gasteiger partial charge in [-0.2, -0.15) is 0 Å². The summed E-state index contributed by atoms with van der Waals surface area (Å²) in [6.45, 7) is 2.89. The molecule has 0 saturated carbocycles. The van der Waals surface area contributed by atoms with Gasteiger partial charge < -0.3 is 5.32 Å². The predicted molar refractivity (Wildman–Crippen MR) is 127 cm³/mol. The standard InChI is InChI=1S/C23H25N5S2/c1-3-4-11-17-15-9-7-10-16(15)18-19-20(30-22(18)26-17)21(28-23(27-19)29-2)25-13-14-8-5-6-12-24-14/h5-6,8,12H,3-4,7,9-11,13H2,1-2H3,(H,25,27,28). The SMILES string of the molecule is CCCCc1nc2sc3c(NCc4ccccn4)nc(SC)nc3c2c2c1CCC2. The molecule has 154 valence electrons. The van der Waals surface area contributed by atoms with E-state index in [-0.39, 0.29) is 0 Å².